The van der Waals surface area contributed by atoms with E-state index in [-0.39, 0.29) is 22.9 Å². The summed E-state index contributed by atoms with van der Waals surface area (Å²) in [6.07, 6.45) is -3.77. The van der Waals surface area contributed by atoms with Crippen molar-refractivity contribution in [1.82, 2.24) is 19.7 Å². The van der Waals surface area contributed by atoms with Gasteiger partial charge in [0, 0.05) is 18.5 Å². The predicted molar refractivity (Wildman–Crippen MR) is 129 cm³/mol. The van der Waals surface area contributed by atoms with Crippen LogP contribution in [0.1, 0.15) is 19.5 Å². The van der Waals surface area contributed by atoms with Crippen LogP contribution in [0.15, 0.2) is 41.3 Å². The molecule has 0 aliphatic rings. The van der Waals surface area contributed by atoms with Crippen LogP contribution in [-0.4, -0.2) is 66.5 Å². The fourth-order valence-corrected chi connectivity index (χ4v) is 4.60. The Kier molecular flexibility index (Phi) is 8.52. The summed E-state index contributed by atoms with van der Waals surface area (Å²) in [7, 11) is -3.46. The maximum Gasteiger partial charge on any atom is 0.436 e. The molecule has 0 amide bonds. The van der Waals surface area contributed by atoms with Gasteiger partial charge in [0.2, 0.25) is 0 Å². The smallest absolute Gasteiger partial charge is 0.436 e. The van der Waals surface area contributed by atoms with Gasteiger partial charge in [-0.25, -0.2) is 13.1 Å². The quantitative estimate of drug-likeness (QED) is 0.376. The van der Waals surface area contributed by atoms with Gasteiger partial charge in [-0.2, -0.15) is 18.3 Å². The average Bonchev–Trinajstić information content (AvgIpc) is 3.40. The van der Waals surface area contributed by atoms with E-state index in [2.05, 4.69) is 10.1 Å². The van der Waals surface area contributed by atoms with E-state index in [4.69, 9.17) is 16.3 Å². The molecule has 196 valence electrons. The van der Waals surface area contributed by atoms with E-state index in [1.54, 1.807) is 18.2 Å². The van der Waals surface area contributed by atoms with Gasteiger partial charge in [-0.1, -0.05) is 37.6 Å². The maximum absolute atomic E-state index is 13.5. The minimum absolute atomic E-state index is 0.0836. The van der Waals surface area contributed by atoms with E-state index in [0.29, 0.717) is 17.8 Å². The third-order valence-corrected chi connectivity index (χ3v) is 6.99. The molecule has 0 radical (unpaired) electrons. The van der Waals surface area contributed by atoms with Crippen molar-refractivity contribution in [2.24, 2.45) is 0 Å². The van der Waals surface area contributed by atoms with Crippen LogP contribution in [0.25, 0.3) is 22.6 Å². The van der Waals surface area contributed by atoms with Crippen LogP contribution in [0.4, 0.5) is 13.2 Å². The van der Waals surface area contributed by atoms with Crippen molar-refractivity contribution >= 4 is 27.4 Å². The fraction of sp³-hybridized carbons (Fsp3) is 0.391. The summed E-state index contributed by atoms with van der Waals surface area (Å²) < 4.78 is 70.4. The van der Waals surface area contributed by atoms with Crippen molar-refractivity contribution in [3.05, 3.63) is 47.1 Å². The number of esters is 1. The van der Waals surface area contributed by atoms with Gasteiger partial charge in [0.15, 0.2) is 15.5 Å². The van der Waals surface area contributed by atoms with Gasteiger partial charge in [-0.15, -0.1) is 0 Å². The molecule has 0 bridgehead atoms. The van der Waals surface area contributed by atoms with Gasteiger partial charge in [-0.05, 0) is 42.9 Å². The van der Waals surface area contributed by atoms with E-state index in [0.717, 1.165) is 24.0 Å². The van der Waals surface area contributed by atoms with Crippen LogP contribution in [0.2, 0.25) is 5.02 Å². The van der Waals surface area contributed by atoms with Crippen LogP contribution < -0.4 is 0 Å². The zero-order valence-corrected chi connectivity index (χ0v) is 21.5. The molecule has 36 heavy (non-hydrogen) atoms. The van der Waals surface area contributed by atoms with Gasteiger partial charge in [0.25, 0.3) is 0 Å². The number of benzene rings is 1. The first-order valence-corrected chi connectivity index (χ1v) is 13.3. The number of likely N-dealkylation sites (N-methyl/N-ethyl adjacent to an activating group) is 1. The van der Waals surface area contributed by atoms with Gasteiger partial charge >= 0.3 is 12.1 Å². The zero-order chi connectivity index (χ0) is 26.7. The number of nitrogens with one attached hydrogen (secondary N) is 1. The monoisotopic (exact) mass is 546 g/mol. The molecule has 0 aliphatic heterocycles. The lowest BCUT2D eigenvalue weighted by Crippen LogP contribution is -2.28. The van der Waals surface area contributed by atoms with Gasteiger partial charge in [-0.3, -0.25) is 4.79 Å². The molecule has 0 unspecified atom stereocenters. The first-order chi connectivity index (χ1) is 16.8. The molecule has 0 fully saturated rings. The van der Waals surface area contributed by atoms with Crippen LogP contribution >= 0.6 is 11.6 Å². The molecule has 13 heteroatoms. The summed E-state index contributed by atoms with van der Waals surface area (Å²) in [5.41, 5.74) is -0.368. The first kappa shape index (κ1) is 27.8. The van der Waals surface area contributed by atoms with Crippen molar-refractivity contribution in [2.45, 2.75) is 31.5 Å². The highest BCUT2D eigenvalue weighted by Gasteiger charge is 2.39. The molecule has 0 aliphatic carbocycles. The van der Waals surface area contributed by atoms with Crippen LogP contribution in [-0.2, 0) is 32.1 Å². The SMILES string of the molecule is CCN(CC)CCOC(=O)Cn1nc(C(F)(F)F)c(Cl)c1-c1ccc(-c2cccc(S(C)(=O)=O)c2)[nH]1. The molecule has 2 aromatic heterocycles. The third-order valence-electron chi connectivity index (χ3n) is 5.52. The van der Waals surface area contributed by atoms with Crippen molar-refractivity contribution in [2.75, 3.05) is 32.5 Å². The molecule has 0 saturated carbocycles. The molecule has 3 rings (SSSR count). The van der Waals surface area contributed by atoms with Gasteiger partial charge in [0.1, 0.15) is 23.9 Å². The predicted octanol–water partition coefficient (Wildman–Crippen LogP) is 4.51. The van der Waals surface area contributed by atoms with Crippen molar-refractivity contribution in [1.29, 1.82) is 0 Å². The topological polar surface area (TPSA) is 97.3 Å². The summed E-state index contributed by atoms with van der Waals surface area (Å²) >= 11 is 6.09. The summed E-state index contributed by atoms with van der Waals surface area (Å²) in [5.74, 6) is -0.760. The minimum atomic E-state index is -4.84. The number of sulfone groups is 1. The van der Waals surface area contributed by atoms with Crippen LogP contribution in [0, 0.1) is 0 Å². The van der Waals surface area contributed by atoms with Crippen molar-refractivity contribution < 1.29 is 31.1 Å². The normalized spacial score (nSPS) is 12.3. The number of hydrogen-bond acceptors (Lipinski definition) is 6. The molecular weight excluding hydrogens is 521 g/mol. The number of ether oxygens (including phenoxy) is 1. The molecule has 0 atom stereocenters. The number of H-pyrrole nitrogens is 1. The Bertz CT molecular complexity index is 1330. The molecule has 3 aromatic rings. The number of carbonyl (C=O) groups is 1. The van der Waals surface area contributed by atoms with Gasteiger partial charge in [0.05, 0.1) is 10.6 Å². The summed E-state index contributed by atoms with van der Waals surface area (Å²) in [6.45, 7) is 5.45. The van der Waals surface area contributed by atoms with Crippen LogP contribution in [0.5, 0.6) is 0 Å². The Morgan fingerprint density at radius 2 is 1.83 bits per heavy atom. The first-order valence-electron chi connectivity index (χ1n) is 11.1. The molecule has 2 heterocycles. The highest BCUT2D eigenvalue weighted by atomic mass is 35.5. The molecule has 1 N–H and O–H groups in total. The Balaban J connectivity index is 1.93. The van der Waals surface area contributed by atoms with Crippen molar-refractivity contribution in [3.63, 3.8) is 0 Å². The van der Waals surface area contributed by atoms with E-state index < -0.39 is 39.2 Å². The fourth-order valence-electron chi connectivity index (χ4n) is 3.59. The largest absolute Gasteiger partial charge is 0.463 e. The minimum Gasteiger partial charge on any atom is -0.463 e. The van der Waals surface area contributed by atoms with Crippen LogP contribution in [0.3, 0.4) is 0 Å². The Morgan fingerprint density at radius 1 is 1.17 bits per heavy atom. The van der Waals surface area contributed by atoms with Crippen molar-refractivity contribution in [3.8, 4) is 22.6 Å². The average molecular weight is 547 g/mol. The number of rotatable bonds is 10. The number of aromatic amines is 1. The molecule has 0 spiro atoms. The molecule has 8 nitrogen and oxygen atoms in total. The third kappa shape index (κ3) is 6.48. The lowest BCUT2D eigenvalue weighted by Gasteiger charge is -2.17. The summed E-state index contributed by atoms with van der Waals surface area (Å²) in [4.78, 5) is 17.5. The lowest BCUT2D eigenvalue weighted by atomic mass is 10.2. The standard InChI is InChI=1S/C23H26ClF3N4O4S/c1-4-30(5-2)11-12-35-19(32)14-31-21(20(24)22(29-31)23(25,26)27)18-10-9-17(28-18)15-7-6-8-16(13-15)36(3,33)34/h6-10,13,28H,4-5,11-12,14H2,1-3H3. The van der Waals surface area contributed by atoms with Gasteiger partial charge < -0.3 is 14.6 Å². The second-order valence-corrected chi connectivity index (χ2v) is 10.4. The Hall–Kier alpha value is -2.83. The maximum atomic E-state index is 13.5. The summed E-state index contributed by atoms with van der Waals surface area (Å²) in [6, 6.07) is 9.14. The second-order valence-electron chi connectivity index (χ2n) is 8.00. The zero-order valence-electron chi connectivity index (χ0n) is 19.9. The Morgan fingerprint density at radius 3 is 2.44 bits per heavy atom. The number of carbonyl (C=O) groups excluding carboxylic acids is 1. The molecule has 0 saturated heterocycles. The molecule has 1 aromatic carbocycles. The highest BCUT2D eigenvalue weighted by Crippen LogP contribution is 2.40. The lowest BCUT2D eigenvalue weighted by molar-refractivity contribution is -0.146. The van der Waals surface area contributed by atoms with E-state index in [9.17, 15) is 26.4 Å². The number of aromatic nitrogens is 3. The van der Waals surface area contributed by atoms with E-state index in [1.165, 1.54) is 18.2 Å². The number of halogens is 4. The Labute approximate surface area is 211 Å². The number of nitrogens with zero attached hydrogens (tertiary/aromatic N) is 3. The summed E-state index contributed by atoms with van der Waals surface area (Å²) in [5, 5.41) is 2.88. The second kappa shape index (κ2) is 11.1. The number of hydrogen-bond donors (Lipinski definition) is 1. The number of alkyl halides is 3. The highest BCUT2D eigenvalue weighted by molar-refractivity contribution is 7.90. The molecular formula is C23H26ClF3N4O4S. The van der Waals surface area contributed by atoms with E-state index >= 15 is 0 Å². The van der Waals surface area contributed by atoms with E-state index in [1.807, 2.05) is 18.7 Å².